The second-order valence-corrected chi connectivity index (χ2v) is 5.04. The molecule has 0 saturated heterocycles. The summed E-state index contributed by atoms with van der Waals surface area (Å²) >= 11 is 0. The fourth-order valence-electron chi connectivity index (χ4n) is 2.27. The molecular weight excluding hydrogens is 290 g/mol. The summed E-state index contributed by atoms with van der Waals surface area (Å²) in [4.78, 5) is 12.1. The highest BCUT2D eigenvalue weighted by molar-refractivity contribution is 5.82. The van der Waals surface area contributed by atoms with Crippen LogP contribution in [-0.4, -0.2) is 19.6 Å². The quantitative estimate of drug-likeness (QED) is 0.860. The van der Waals surface area contributed by atoms with E-state index in [1.165, 1.54) is 0 Å². The summed E-state index contributed by atoms with van der Waals surface area (Å²) in [6, 6.07) is 16.3. The van der Waals surface area contributed by atoms with Gasteiger partial charge in [0.15, 0.2) is 0 Å². The van der Waals surface area contributed by atoms with E-state index in [9.17, 15) is 10.1 Å². The predicted molar refractivity (Wildman–Crippen MR) is 89.2 cm³/mol. The zero-order valence-electron chi connectivity index (χ0n) is 13.2. The number of amides is 1. The molecule has 0 fully saturated rings. The molecule has 0 heterocycles. The van der Waals surface area contributed by atoms with Crippen LogP contribution in [0.1, 0.15) is 17.2 Å². The molecule has 118 valence electrons. The normalized spacial score (nSPS) is 11.2. The lowest BCUT2D eigenvalue weighted by Crippen LogP contribution is -2.33. The molecule has 2 aromatic carbocycles. The van der Waals surface area contributed by atoms with Crippen molar-refractivity contribution in [3.63, 3.8) is 0 Å². The minimum Gasteiger partial charge on any atom is -0.495 e. The van der Waals surface area contributed by atoms with Gasteiger partial charge >= 0.3 is 0 Å². The topological polar surface area (TPSA) is 74.2 Å². The molecule has 0 spiro atoms. The number of ether oxygens (including phenoxy) is 1. The van der Waals surface area contributed by atoms with Crippen molar-refractivity contribution >= 4 is 11.6 Å². The molecule has 0 aromatic heterocycles. The summed E-state index contributed by atoms with van der Waals surface area (Å²) < 4.78 is 5.22. The summed E-state index contributed by atoms with van der Waals surface area (Å²) in [5.41, 5.74) is 2.51. The summed E-state index contributed by atoms with van der Waals surface area (Å²) in [6.07, 6.45) is 0. The monoisotopic (exact) mass is 309 g/mol. The van der Waals surface area contributed by atoms with Gasteiger partial charge in [0.1, 0.15) is 11.8 Å². The minimum absolute atomic E-state index is 0.0600. The summed E-state index contributed by atoms with van der Waals surface area (Å²) in [7, 11) is 1.57. The SMILES string of the molecule is COc1ccccc1NCC(=O)NC(C#N)c1ccccc1C. The molecular formula is C18H19N3O2. The second kappa shape index (κ2) is 7.85. The van der Waals surface area contributed by atoms with E-state index in [0.717, 1.165) is 16.8 Å². The van der Waals surface area contributed by atoms with Gasteiger partial charge in [0.05, 0.1) is 25.4 Å². The average Bonchev–Trinajstić information content (AvgIpc) is 2.58. The summed E-state index contributed by atoms with van der Waals surface area (Å²) in [5.74, 6) is 0.404. The van der Waals surface area contributed by atoms with Crippen molar-refractivity contribution in [1.29, 1.82) is 5.26 Å². The van der Waals surface area contributed by atoms with Crippen LogP contribution in [0, 0.1) is 18.3 Å². The molecule has 1 unspecified atom stereocenters. The van der Waals surface area contributed by atoms with Gasteiger partial charge in [-0.3, -0.25) is 4.79 Å². The second-order valence-electron chi connectivity index (χ2n) is 5.04. The fraction of sp³-hybridized carbons (Fsp3) is 0.222. The Bertz CT molecular complexity index is 722. The number of anilines is 1. The van der Waals surface area contributed by atoms with Crippen LogP contribution in [0.3, 0.4) is 0 Å². The number of nitriles is 1. The Morgan fingerprint density at radius 2 is 1.91 bits per heavy atom. The maximum Gasteiger partial charge on any atom is 0.240 e. The van der Waals surface area contributed by atoms with Crippen LogP contribution in [-0.2, 0) is 4.79 Å². The zero-order valence-corrected chi connectivity index (χ0v) is 13.2. The molecule has 23 heavy (non-hydrogen) atoms. The molecule has 0 aliphatic carbocycles. The maximum atomic E-state index is 12.1. The first kappa shape index (κ1) is 16.4. The Morgan fingerprint density at radius 1 is 1.22 bits per heavy atom. The number of hydrogen-bond donors (Lipinski definition) is 2. The molecule has 1 atom stereocenters. The van der Waals surface area contributed by atoms with Gasteiger partial charge in [0.25, 0.3) is 0 Å². The molecule has 5 heteroatoms. The van der Waals surface area contributed by atoms with Gasteiger partial charge in [-0.05, 0) is 30.2 Å². The van der Waals surface area contributed by atoms with Gasteiger partial charge in [0.2, 0.25) is 5.91 Å². The van der Waals surface area contributed by atoms with E-state index >= 15 is 0 Å². The number of para-hydroxylation sites is 2. The third kappa shape index (κ3) is 4.24. The number of carbonyl (C=O) groups is 1. The number of carbonyl (C=O) groups excluding carboxylic acids is 1. The third-order valence-electron chi connectivity index (χ3n) is 3.48. The highest BCUT2D eigenvalue weighted by Crippen LogP contribution is 2.22. The van der Waals surface area contributed by atoms with Crippen molar-refractivity contribution in [3.8, 4) is 11.8 Å². The Kier molecular flexibility index (Phi) is 5.59. The lowest BCUT2D eigenvalue weighted by atomic mass is 10.0. The van der Waals surface area contributed by atoms with E-state index in [2.05, 4.69) is 16.7 Å². The van der Waals surface area contributed by atoms with E-state index in [-0.39, 0.29) is 12.5 Å². The number of aryl methyl sites for hydroxylation is 1. The Balaban J connectivity index is 1.99. The summed E-state index contributed by atoms with van der Waals surface area (Å²) in [6.45, 7) is 1.98. The van der Waals surface area contributed by atoms with Crippen molar-refractivity contribution in [2.75, 3.05) is 19.0 Å². The number of nitrogens with one attached hydrogen (secondary N) is 2. The molecule has 0 radical (unpaired) electrons. The Morgan fingerprint density at radius 3 is 2.61 bits per heavy atom. The van der Waals surface area contributed by atoms with Gasteiger partial charge < -0.3 is 15.4 Å². The lowest BCUT2D eigenvalue weighted by Gasteiger charge is -2.15. The van der Waals surface area contributed by atoms with Crippen LogP contribution >= 0.6 is 0 Å². The standard InChI is InChI=1S/C18H19N3O2/c1-13-7-3-4-8-14(13)16(11-19)21-18(22)12-20-15-9-5-6-10-17(15)23-2/h3-10,16,20H,12H2,1-2H3,(H,21,22). The molecule has 0 bridgehead atoms. The fourth-order valence-corrected chi connectivity index (χ4v) is 2.27. The highest BCUT2D eigenvalue weighted by Gasteiger charge is 2.15. The van der Waals surface area contributed by atoms with Gasteiger partial charge in [-0.2, -0.15) is 5.26 Å². The predicted octanol–water partition coefficient (Wildman–Crippen LogP) is 2.80. The molecule has 2 rings (SSSR count). The van der Waals surface area contributed by atoms with Gasteiger partial charge in [-0.25, -0.2) is 0 Å². The van der Waals surface area contributed by atoms with Crippen molar-refractivity contribution in [2.24, 2.45) is 0 Å². The average molecular weight is 309 g/mol. The first-order valence-corrected chi connectivity index (χ1v) is 7.27. The molecule has 0 aliphatic heterocycles. The van der Waals surface area contributed by atoms with Crippen molar-refractivity contribution < 1.29 is 9.53 Å². The third-order valence-corrected chi connectivity index (χ3v) is 3.48. The van der Waals surface area contributed by atoms with Gasteiger partial charge in [0, 0.05) is 0 Å². The van der Waals surface area contributed by atoms with Crippen LogP contribution in [0.25, 0.3) is 0 Å². The minimum atomic E-state index is -0.664. The van der Waals surface area contributed by atoms with Crippen LogP contribution in [0.2, 0.25) is 0 Å². The Hall–Kier alpha value is -3.00. The smallest absolute Gasteiger partial charge is 0.240 e. The molecule has 2 N–H and O–H groups in total. The molecule has 2 aromatic rings. The lowest BCUT2D eigenvalue weighted by molar-refractivity contribution is -0.119. The van der Waals surface area contributed by atoms with Crippen molar-refractivity contribution in [3.05, 3.63) is 59.7 Å². The van der Waals surface area contributed by atoms with Crippen LogP contribution in [0.4, 0.5) is 5.69 Å². The first-order chi connectivity index (χ1) is 11.2. The number of hydrogen-bond acceptors (Lipinski definition) is 4. The van der Waals surface area contributed by atoms with Gasteiger partial charge in [-0.15, -0.1) is 0 Å². The molecule has 5 nitrogen and oxygen atoms in total. The number of rotatable bonds is 6. The molecule has 0 aliphatic rings. The Labute approximate surface area is 135 Å². The van der Waals surface area contributed by atoms with Crippen molar-refractivity contribution in [2.45, 2.75) is 13.0 Å². The molecule has 0 saturated carbocycles. The van der Waals surface area contributed by atoms with Crippen LogP contribution in [0.5, 0.6) is 5.75 Å². The van der Waals surface area contributed by atoms with E-state index in [1.54, 1.807) is 7.11 Å². The van der Waals surface area contributed by atoms with Crippen LogP contribution in [0.15, 0.2) is 48.5 Å². The molecule has 1 amide bonds. The zero-order chi connectivity index (χ0) is 16.7. The maximum absolute atomic E-state index is 12.1. The number of benzene rings is 2. The summed E-state index contributed by atoms with van der Waals surface area (Å²) in [5, 5.41) is 15.1. The number of nitrogens with zero attached hydrogens (tertiary/aromatic N) is 1. The van der Waals surface area contributed by atoms with E-state index in [4.69, 9.17) is 4.74 Å². The first-order valence-electron chi connectivity index (χ1n) is 7.27. The number of methoxy groups -OCH3 is 1. The van der Waals surface area contributed by atoms with E-state index in [1.807, 2.05) is 55.5 Å². The van der Waals surface area contributed by atoms with Gasteiger partial charge in [-0.1, -0.05) is 36.4 Å². The van der Waals surface area contributed by atoms with E-state index in [0.29, 0.717) is 5.75 Å². The highest BCUT2D eigenvalue weighted by atomic mass is 16.5. The largest absolute Gasteiger partial charge is 0.495 e. The van der Waals surface area contributed by atoms with Crippen molar-refractivity contribution in [1.82, 2.24) is 5.32 Å². The van der Waals surface area contributed by atoms with E-state index < -0.39 is 6.04 Å². The van der Waals surface area contributed by atoms with Crippen LogP contribution < -0.4 is 15.4 Å².